The summed E-state index contributed by atoms with van der Waals surface area (Å²) in [7, 11) is 1.34. The van der Waals surface area contributed by atoms with Crippen LogP contribution in [0.25, 0.3) is 10.8 Å². The summed E-state index contributed by atoms with van der Waals surface area (Å²) >= 11 is 0. The third-order valence-electron chi connectivity index (χ3n) is 7.50. The van der Waals surface area contributed by atoms with E-state index in [4.69, 9.17) is 0 Å². The molecule has 2 amide bonds. The summed E-state index contributed by atoms with van der Waals surface area (Å²) in [6, 6.07) is 22.5. The second-order valence-electron chi connectivity index (χ2n) is 10.7. The van der Waals surface area contributed by atoms with Gasteiger partial charge in [0, 0.05) is 37.3 Å². The Hall–Kier alpha value is -4.34. The minimum atomic E-state index is -5.09. The Morgan fingerprint density at radius 3 is 1.93 bits per heavy atom. The van der Waals surface area contributed by atoms with Gasteiger partial charge >= 0.3 is 12.4 Å². The lowest BCUT2D eigenvalue weighted by molar-refractivity contribution is -0.143. The van der Waals surface area contributed by atoms with Crippen LogP contribution in [0, 0.1) is 0 Å². The van der Waals surface area contributed by atoms with Crippen molar-refractivity contribution in [1.29, 1.82) is 0 Å². The van der Waals surface area contributed by atoms with Gasteiger partial charge in [0.2, 0.25) is 5.91 Å². The standard InChI is InChI=1S/C34H32F6N2O2/c1-3-17-42(29-11-5-4-6-12-29)31(43)16-15-30(19-23-13-14-24-9-7-8-10-25(24)18-23)41(2)32(44)26-20-27(33(35,36)37)22-28(21-26)34(38,39)40/h4-14,18,20-22,30H,3,15-17,19H2,1-2H3. The highest BCUT2D eigenvalue weighted by Gasteiger charge is 2.38. The van der Waals surface area contributed by atoms with Crippen molar-refractivity contribution in [2.24, 2.45) is 0 Å². The molecule has 0 saturated heterocycles. The summed E-state index contributed by atoms with van der Waals surface area (Å²) in [6.07, 6.45) is -9.13. The molecule has 1 atom stereocenters. The predicted octanol–water partition coefficient (Wildman–Crippen LogP) is 8.78. The van der Waals surface area contributed by atoms with Crippen LogP contribution >= 0.6 is 0 Å². The fraction of sp³-hybridized carbons (Fsp3) is 0.294. The number of rotatable bonds is 10. The van der Waals surface area contributed by atoms with E-state index >= 15 is 0 Å². The van der Waals surface area contributed by atoms with Crippen LogP contribution in [0.1, 0.15) is 53.2 Å². The summed E-state index contributed by atoms with van der Waals surface area (Å²) in [4.78, 5) is 29.7. The van der Waals surface area contributed by atoms with Crippen molar-refractivity contribution in [2.45, 2.75) is 51.0 Å². The van der Waals surface area contributed by atoms with Gasteiger partial charge in [0.15, 0.2) is 0 Å². The molecule has 0 N–H and O–H groups in total. The molecule has 232 valence electrons. The summed E-state index contributed by atoms with van der Waals surface area (Å²) < 4.78 is 81.2. The second-order valence-corrected chi connectivity index (χ2v) is 10.7. The van der Waals surface area contributed by atoms with Gasteiger partial charge in [0.1, 0.15) is 0 Å². The Kier molecular flexibility index (Phi) is 10.0. The maximum Gasteiger partial charge on any atom is 0.416 e. The summed E-state index contributed by atoms with van der Waals surface area (Å²) in [5.74, 6) is -1.21. The zero-order valence-electron chi connectivity index (χ0n) is 24.3. The summed E-state index contributed by atoms with van der Waals surface area (Å²) in [6.45, 7) is 2.39. The molecule has 0 aliphatic carbocycles. The molecular weight excluding hydrogens is 582 g/mol. The van der Waals surface area contributed by atoms with Crippen LogP contribution in [-0.4, -0.2) is 36.3 Å². The highest BCUT2D eigenvalue weighted by atomic mass is 19.4. The number of benzene rings is 4. The minimum Gasteiger partial charge on any atom is -0.338 e. The molecule has 0 radical (unpaired) electrons. The number of hydrogen-bond acceptors (Lipinski definition) is 2. The molecule has 44 heavy (non-hydrogen) atoms. The zero-order valence-corrected chi connectivity index (χ0v) is 24.3. The van der Waals surface area contributed by atoms with Crippen LogP contribution in [0.3, 0.4) is 0 Å². The fourth-order valence-corrected chi connectivity index (χ4v) is 5.17. The molecule has 0 bridgehead atoms. The van der Waals surface area contributed by atoms with Crippen LogP contribution in [0.5, 0.6) is 0 Å². The van der Waals surface area contributed by atoms with Gasteiger partial charge in [-0.05, 0) is 65.9 Å². The smallest absolute Gasteiger partial charge is 0.338 e. The van der Waals surface area contributed by atoms with Gasteiger partial charge in [0.25, 0.3) is 5.91 Å². The molecule has 4 rings (SSSR count). The van der Waals surface area contributed by atoms with E-state index in [9.17, 15) is 35.9 Å². The van der Waals surface area contributed by atoms with E-state index in [2.05, 4.69) is 0 Å². The van der Waals surface area contributed by atoms with E-state index in [1.54, 1.807) is 4.90 Å². The highest BCUT2D eigenvalue weighted by molar-refractivity contribution is 5.95. The van der Waals surface area contributed by atoms with Crippen LogP contribution in [-0.2, 0) is 23.6 Å². The lowest BCUT2D eigenvalue weighted by Crippen LogP contribution is -2.40. The number of halogens is 6. The van der Waals surface area contributed by atoms with Crippen molar-refractivity contribution in [3.05, 3.63) is 113 Å². The molecule has 0 heterocycles. The largest absolute Gasteiger partial charge is 0.416 e. The molecular formula is C34H32F6N2O2. The third kappa shape index (κ3) is 7.98. The van der Waals surface area contributed by atoms with Gasteiger partial charge < -0.3 is 9.80 Å². The second kappa shape index (κ2) is 13.5. The first-order chi connectivity index (χ1) is 20.8. The summed E-state index contributed by atoms with van der Waals surface area (Å²) in [5, 5.41) is 1.91. The van der Waals surface area contributed by atoms with E-state index < -0.39 is 41.0 Å². The van der Waals surface area contributed by atoms with Crippen molar-refractivity contribution in [2.75, 3.05) is 18.5 Å². The number of para-hydroxylation sites is 1. The molecule has 0 spiro atoms. The number of alkyl halides is 6. The van der Waals surface area contributed by atoms with Crippen LogP contribution in [0.4, 0.5) is 32.0 Å². The van der Waals surface area contributed by atoms with E-state index in [0.29, 0.717) is 30.8 Å². The molecule has 4 nitrogen and oxygen atoms in total. The number of fused-ring (bicyclic) bond motifs is 1. The average molecular weight is 615 g/mol. The van der Waals surface area contributed by atoms with Gasteiger partial charge in [-0.15, -0.1) is 0 Å². The fourth-order valence-electron chi connectivity index (χ4n) is 5.17. The minimum absolute atomic E-state index is 0.00114. The Morgan fingerprint density at radius 2 is 1.34 bits per heavy atom. The van der Waals surface area contributed by atoms with E-state index in [-0.39, 0.29) is 31.2 Å². The predicted molar refractivity (Wildman–Crippen MR) is 158 cm³/mol. The maximum absolute atomic E-state index is 13.5. The molecule has 1 unspecified atom stereocenters. The van der Waals surface area contributed by atoms with Crippen LogP contribution < -0.4 is 4.90 Å². The third-order valence-corrected chi connectivity index (χ3v) is 7.50. The SMILES string of the molecule is CCCN(C(=O)CCC(Cc1ccc2ccccc2c1)N(C)C(=O)c1cc(C(F)(F)F)cc(C(F)(F)F)c1)c1ccccc1. The zero-order chi connectivity index (χ0) is 32.1. The molecule has 4 aromatic carbocycles. The molecule has 4 aromatic rings. The van der Waals surface area contributed by atoms with E-state index in [0.717, 1.165) is 21.2 Å². The maximum atomic E-state index is 13.5. The normalized spacial score (nSPS) is 12.6. The Bertz CT molecular complexity index is 1570. The lowest BCUT2D eigenvalue weighted by atomic mass is 9.96. The Labute approximate surface area is 251 Å². The number of likely N-dealkylation sites (N-methyl/N-ethyl adjacent to an activating group) is 1. The molecule has 0 saturated carbocycles. The number of nitrogens with zero attached hydrogens (tertiary/aromatic N) is 2. The summed E-state index contributed by atoms with van der Waals surface area (Å²) in [5.41, 5.74) is -2.36. The van der Waals surface area contributed by atoms with Gasteiger partial charge in [-0.2, -0.15) is 26.3 Å². The van der Waals surface area contributed by atoms with Crippen molar-refractivity contribution < 1.29 is 35.9 Å². The molecule has 0 aliphatic rings. The lowest BCUT2D eigenvalue weighted by Gasteiger charge is -2.30. The van der Waals surface area contributed by atoms with Crippen LogP contribution in [0.15, 0.2) is 91.0 Å². The molecule has 0 aromatic heterocycles. The highest BCUT2D eigenvalue weighted by Crippen LogP contribution is 2.37. The van der Waals surface area contributed by atoms with E-state index in [1.807, 2.05) is 79.7 Å². The first-order valence-electron chi connectivity index (χ1n) is 14.2. The number of amides is 2. The van der Waals surface area contributed by atoms with Gasteiger partial charge in [-0.3, -0.25) is 9.59 Å². The average Bonchev–Trinajstić information content (AvgIpc) is 3.00. The van der Waals surface area contributed by atoms with Gasteiger partial charge in [0.05, 0.1) is 11.1 Å². The first-order valence-corrected chi connectivity index (χ1v) is 14.2. The van der Waals surface area contributed by atoms with Crippen molar-refractivity contribution in [3.8, 4) is 0 Å². The molecule has 0 fully saturated rings. The Balaban J connectivity index is 1.66. The number of carbonyl (C=O) groups excluding carboxylic acids is 2. The number of hydrogen-bond donors (Lipinski definition) is 0. The van der Waals surface area contributed by atoms with Gasteiger partial charge in [-0.1, -0.05) is 67.6 Å². The topological polar surface area (TPSA) is 40.6 Å². The van der Waals surface area contributed by atoms with Crippen molar-refractivity contribution in [1.82, 2.24) is 4.90 Å². The van der Waals surface area contributed by atoms with Crippen molar-refractivity contribution in [3.63, 3.8) is 0 Å². The van der Waals surface area contributed by atoms with Crippen molar-refractivity contribution >= 4 is 28.3 Å². The number of anilines is 1. The molecule has 0 aliphatic heterocycles. The number of carbonyl (C=O) groups is 2. The van der Waals surface area contributed by atoms with Gasteiger partial charge in [-0.25, -0.2) is 0 Å². The quantitative estimate of drug-likeness (QED) is 0.168. The van der Waals surface area contributed by atoms with E-state index in [1.165, 1.54) is 7.05 Å². The van der Waals surface area contributed by atoms with Crippen LogP contribution in [0.2, 0.25) is 0 Å². The Morgan fingerprint density at radius 1 is 0.750 bits per heavy atom. The first kappa shape index (κ1) is 32.6. The molecule has 10 heteroatoms. The monoisotopic (exact) mass is 614 g/mol.